The van der Waals surface area contributed by atoms with Gasteiger partial charge in [0.15, 0.2) is 0 Å². The average molecular weight is 209 g/mol. The fourth-order valence-electron chi connectivity index (χ4n) is 2.80. The van der Waals surface area contributed by atoms with E-state index in [1.54, 1.807) is 0 Å². The first kappa shape index (κ1) is 11.4. The zero-order chi connectivity index (χ0) is 10.3. The van der Waals surface area contributed by atoms with Gasteiger partial charge in [0.1, 0.15) is 0 Å². The SMILES string of the molecule is C1CCCC(CCCCNC2CC2)CC1. The molecule has 0 heterocycles. The van der Waals surface area contributed by atoms with Crippen molar-refractivity contribution in [2.45, 2.75) is 76.7 Å². The van der Waals surface area contributed by atoms with Gasteiger partial charge >= 0.3 is 0 Å². The van der Waals surface area contributed by atoms with Crippen LogP contribution < -0.4 is 5.32 Å². The van der Waals surface area contributed by atoms with E-state index in [0.29, 0.717) is 0 Å². The third-order valence-corrected chi connectivity index (χ3v) is 4.02. The largest absolute Gasteiger partial charge is 0.314 e. The number of unbranched alkanes of at least 4 members (excludes halogenated alkanes) is 1. The van der Waals surface area contributed by atoms with Gasteiger partial charge in [0.05, 0.1) is 0 Å². The van der Waals surface area contributed by atoms with Crippen molar-refractivity contribution in [2.24, 2.45) is 5.92 Å². The Morgan fingerprint density at radius 2 is 1.53 bits per heavy atom. The molecule has 0 atom stereocenters. The zero-order valence-corrected chi connectivity index (χ0v) is 10.1. The summed E-state index contributed by atoms with van der Waals surface area (Å²) in [6.07, 6.45) is 16.3. The van der Waals surface area contributed by atoms with Crippen LogP contribution in [0.15, 0.2) is 0 Å². The molecule has 0 aromatic carbocycles. The average Bonchev–Trinajstić information content (AvgIpc) is 3.03. The van der Waals surface area contributed by atoms with Crippen molar-refractivity contribution in [3.8, 4) is 0 Å². The van der Waals surface area contributed by atoms with E-state index in [0.717, 1.165) is 12.0 Å². The van der Waals surface area contributed by atoms with Crippen LogP contribution in [0.5, 0.6) is 0 Å². The molecule has 0 spiro atoms. The van der Waals surface area contributed by atoms with E-state index in [2.05, 4.69) is 5.32 Å². The van der Waals surface area contributed by atoms with Crippen molar-refractivity contribution in [3.63, 3.8) is 0 Å². The third kappa shape index (κ3) is 5.01. The molecular weight excluding hydrogens is 182 g/mol. The van der Waals surface area contributed by atoms with Crippen molar-refractivity contribution >= 4 is 0 Å². The molecule has 0 aliphatic heterocycles. The summed E-state index contributed by atoms with van der Waals surface area (Å²) in [6, 6.07) is 0.905. The van der Waals surface area contributed by atoms with Gasteiger partial charge in [-0.05, 0) is 31.7 Å². The van der Waals surface area contributed by atoms with Crippen molar-refractivity contribution < 1.29 is 0 Å². The lowest BCUT2D eigenvalue weighted by atomic mass is 9.94. The van der Waals surface area contributed by atoms with E-state index in [1.165, 1.54) is 77.2 Å². The van der Waals surface area contributed by atoms with E-state index in [4.69, 9.17) is 0 Å². The zero-order valence-electron chi connectivity index (χ0n) is 10.1. The van der Waals surface area contributed by atoms with Crippen molar-refractivity contribution in [1.29, 1.82) is 0 Å². The summed E-state index contributed by atoms with van der Waals surface area (Å²) in [6.45, 7) is 1.28. The van der Waals surface area contributed by atoms with Crippen LogP contribution in [0.3, 0.4) is 0 Å². The van der Waals surface area contributed by atoms with Crippen LogP contribution in [0.2, 0.25) is 0 Å². The van der Waals surface area contributed by atoms with Crippen molar-refractivity contribution in [1.82, 2.24) is 5.32 Å². The second-order valence-electron chi connectivity index (χ2n) is 5.58. The van der Waals surface area contributed by atoms with Crippen LogP contribution in [-0.2, 0) is 0 Å². The lowest BCUT2D eigenvalue weighted by Crippen LogP contribution is -2.17. The molecule has 0 unspecified atom stereocenters. The Labute approximate surface area is 95.0 Å². The summed E-state index contributed by atoms with van der Waals surface area (Å²) in [5.74, 6) is 1.08. The van der Waals surface area contributed by atoms with E-state index in [1.807, 2.05) is 0 Å². The van der Waals surface area contributed by atoms with Gasteiger partial charge in [0.25, 0.3) is 0 Å². The molecule has 15 heavy (non-hydrogen) atoms. The number of rotatable bonds is 6. The van der Waals surface area contributed by atoms with E-state index < -0.39 is 0 Å². The highest BCUT2D eigenvalue weighted by atomic mass is 14.9. The summed E-state index contributed by atoms with van der Waals surface area (Å²) in [4.78, 5) is 0. The van der Waals surface area contributed by atoms with Gasteiger partial charge in [-0.25, -0.2) is 0 Å². The molecule has 2 fully saturated rings. The molecule has 0 radical (unpaired) electrons. The minimum Gasteiger partial charge on any atom is -0.314 e. The summed E-state index contributed by atoms with van der Waals surface area (Å²) >= 11 is 0. The van der Waals surface area contributed by atoms with Gasteiger partial charge in [0, 0.05) is 6.04 Å². The molecule has 1 nitrogen and oxygen atoms in total. The second kappa shape index (κ2) is 6.52. The van der Waals surface area contributed by atoms with Crippen LogP contribution in [0, 0.1) is 5.92 Å². The Kier molecular flexibility index (Phi) is 4.98. The third-order valence-electron chi connectivity index (χ3n) is 4.02. The maximum atomic E-state index is 3.61. The summed E-state index contributed by atoms with van der Waals surface area (Å²) in [7, 11) is 0. The van der Waals surface area contributed by atoms with Gasteiger partial charge in [-0.1, -0.05) is 51.4 Å². The van der Waals surface area contributed by atoms with E-state index >= 15 is 0 Å². The van der Waals surface area contributed by atoms with Gasteiger partial charge in [-0.3, -0.25) is 0 Å². The standard InChI is InChI=1S/C14H27N/c1-2-4-8-13(7-3-1)9-5-6-12-15-14-10-11-14/h13-15H,1-12H2. The second-order valence-corrected chi connectivity index (χ2v) is 5.58. The lowest BCUT2D eigenvalue weighted by molar-refractivity contribution is 0.407. The van der Waals surface area contributed by atoms with Gasteiger partial charge in [-0.15, -0.1) is 0 Å². The highest BCUT2D eigenvalue weighted by Gasteiger charge is 2.19. The first-order chi connectivity index (χ1) is 7.45. The smallest absolute Gasteiger partial charge is 0.00682 e. The molecule has 0 aromatic rings. The molecule has 88 valence electrons. The minimum absolute atomic E-state index is 0.905. The monoisotopic (exact) mass is 209 g/mol. The molecule has 2 aliphatic carbocycles. The Bertz CT molecular complexity index is 155. The predicted molar refractivity (Wildman–Crippen MR) is 66.1 cm³/mol. The van der Waals surface area contributed by atoms with E-state index in [-0.39, 0.29) is 0 Å². The molecule has 2 aliphatic rings. The van der Waals surface area contributed by atoms with Gasteiger partial charge < -0.3 is 5.32 Å². The fraction of sp³-hybridized carbons (Fsp3) is 1.00. The van der Waals surface area contributed by atoms with Crippen molar-refractivity contribution in [3.05, 3.63) is 0 Å². The molecule has 0 aromatic heterocycles. The Hall–Kier alpha value is -0.0400. The maximum absolute atomic E-state index is 3.61. The lowest BCUT2D eigenvalue weighted by Gasteiger charge is -2.13. The van der Waals surface area contributed by atoms with Crippen LogP contribution in [0.4, 0.5) is 0 Å². The maximum Gasteiger partial charge on any atom is 0.00682 e. The molecule has 2 saturated carbocycles. The summed E-state index contributed by atoms with van der Waals surface area (Å²) in [5.41, 5.74) is 0. The van der Waals surface area contributed by atoms with Crippen LogP contribution >= 0.6 is 0 Å². The molecule has 1 heteroatoms. The number of nitrogens with one attached hydrogen (secondary N) is 1. The van der Waals surface area contributed by atoms with Crippen LogP contribution in [0.25, 0.3) is 0 Å². The molecule has 0 amide bonds. The van der Waals surface area contributed by atoms with Gasteiger partial charge in [0.2, 0.25) is 0 Å². The minimum atomic E-state index is 0.905. The number of hydrogen-bond acceptors (Lipinski definition) is 1. The number of hydrogen-bond donors (Lipinski definition) is 1. The highest BCUT2D eigenvalue weighted by molar-refractivity contribution is 4.80. The Morgan fingerprint density at radius 1 is 0.800 bits per heavy atom. The topological polar surface area (TPSA) is 12.0 Å². The fourth-order valence-corrected chi connectivity index (χ4v) is 2.80. The van der Waals surface area contributed by atoms with Crippen LogP contribution in [-0.4, -0.2) is 12.6 Å². The van der Waals surface area contributed by atoms with Crippen LogP contribution in [0.1, 0.15) is 70.6 Å². The summed E-state index contributed by atoms with van der Waals surface area (Å²) in [5, 5.41) is 3.61. The molecule has 1 N–H and O–H groups in total. The quantitative estimate of drug-likeness (QED) is 0.517. The Balaban J connectivity index is 1.44. The predicted octanol–water partition coefficient (Wildman–Crippen LogP) is 3.88. The molecule has 2 rings (SSSR count). The normalized spacial score (nSPS) is 24.0. The van der Waals surface area contributed by atoms with Crippen molar-refractivity contribution in [2.75, 3.05) is 6.54 Å². The molecule has 0 bridgehead atoms. The first-order valence-corrected chi connectivity index (χ1v) is 7.18. The Morgan fingerprint density at radius 3 is 2.20 bits per heavy atom. The first-order valence-electron chi connectivity index (χ1n) is 7.18. The van der Waals surface area contributed by atoms with E-state index in [9.17, 15) is 0 Å². The summed E-state index contributed by atoms with van der Waals surface area (Å²) < 4.78 is 0. The van der Waals surface area contributed by atoms with Gasteiger partial charge in [-0.2, -0.15) is 0 Å². The highest BCUT2D eigenvalue weighted by Crippen LogP contribution is 2.26. The molecule has 0 saturated heterocycles. The molecular formula is C14H27N.